The molecular formula is C123H108Ir5N8O2-8. The Hall–Kier alpha value is -12.9. The van der Waals surface area contributed by atoms with E-state index in [1.165, 1.54) is 120 Å². The second kappa shape index (κ2) is 60.6. The van der Waals surface area contributed by atoms with E-state index in [9.17, 15) is 4.79 Å². The summed E-state index contributed by atoms with van der Waals surface area (Å²) >= 11 is 0. The van der Waals surface area contributed by atoms with Crippen LogP contribution < -0.4 is 0 Å². The van der Waals surface area contributed by atoms with Crippen molar-refractivity contribution in [1.82, 2.24) is 39.9 Å². The van der Waals surface area contributed by atoms with Gasteiger partial charge in [0.05, 0.1) is 5.76 Å². The van der Waals surface area contributed by atoms with Gasteiger partial charge in [-0.15, -0.1) is 285 Å². The van der Waals surface area contributed by atoms with Gasteiger partial charge in [0.25, 0.3) is 0 Å². The molecule has 8 heterocycles. The molecule has 15 heteroatoms. The number of benzene rings is 11. The summed E-state index contributed by atoms with van der Waals surface area (Å²) in [7, 11) is 0. The van der Waals surface area contributed by atoms with Crippen molar-refractivity contribution in [3.63, 3.8) is 0 Å². The van der Waals surface area contributed by atoms with Gasteiger partial charge in [-0.25, -0.2) is 0 Å². The molecule has 0 saturated carbocycles. The van der Waals surface area contributed by atoms with Crippen molar-refractivity contribution in [2.45, 2.75) is 96.9 Å². The Balaban J connectivity index is 0.000000239. The Morgan fingerprint density at radius 2 is 0.514 bits per heavy atom. The number of nitrogens with zero attached hydrogens (tertiary/aromatic N) is 8. The minimum Gasteiger partial charge on any atom is -0.512 e. The summed E-state index contributed by atoms with van der Waals surface area (Å²) in [6.45, 7) is 27.7. The Morgan fingerprint density at radius 3 is 0.775 bits per heavy atom. The van der Waals surface area contributed by atoms with Crippen molar-refractivity contribution in [3.05, 3.63) is 516 Å². The van der Waals surface area contributed by atoms with E-state index in [0.29, 0.717) is 0 Å². The number of hydrogen-bond donors (Lipinski definition) is 1. The maximum atomic E-state index is 10.0. The molecule has 0 aliphatic carbocycles. The molecule has 0 amide bonds. The fourth-order valence-corrected chi connectivity index (χ4v) is 13.3. The number of allylic oxidation sites excluding steroid dienone is 2. The molecule has 5 radical (unpaired) electrons. The van der Waals surface area contributed by atoms with Crippen LogP contribution >= 0.6 is 0 Å². The average molecular weight is 2690 g/mol. The van der Waals surface area contributed by atoms with Gasteiger partial charge in [-0.05, 0) is 183 Å². The van der Waals surface area contributed by atoms with Crippen molar-refractivity contribution in [3.8, 4) is 123 Å². The minimum atomic E-state index is -0.125. The van der Waals surface area contributed by atoms with Gasteiger partial charge in [-0.3, -0.25) is 4.79 Å². The molecule has 11 aromatic carbocycles. The van der Waals surface area contributed by atoms with Crippen LogP contribution in [0.15, 0.2) is 401 Å². The summed E-state index contributed by atoms with van der Waals surface area (Å²) in [6, 6.07) is 140. The number of aliphatic hydroxyl groups is 1. The van der Waals surface area contributed by atoms with Crippen molar-refractivity contribution in [2.75, 3.05) is 0 Å². The number of aliphatic hydroxyl groups excluding tert-OH is 1. The molecule has 0 aliphatic rings. The van der Waals surface area contributed by atoms with E-state index in [-0.39, 0.29) is 112 Å². The van der Waals surface area contributed by atoms with Crippen LogP contribution in [0.25, 0.3) is 123 Å². The van der Waals surface area contributed by atoms with Crippen molar-refractivity contribution in [2.24, 2.45) is 0 Å². The number of aromatic nitrogens is 8. The molecule has 10 nitrogen and oxygen atoms in total. The maximum Gasteiger partial charge on any atom is 0.155 e. The summed E-state index contributed by atoms with van der Waals surface area (Å²) in [6.07, 6.45) is 16.2. The minimum absolute atomic E-state index is 0. The first kappa shape index (κ1) is 114. The Labute approximate surface area is 884 Å². The van der Waals surface area contributed by atoms with Crippen LogP contribution in [0.3, 0.4) is 0 Å². The number of carbonyl (C=O) groups is 1. The molecule has 19 aromatic rings. The third kappa shape index (κ3) is 38.2. The maximum absolute atomic E-state index is 10.0. The van der Waals surface area contributed by atoms with E-state index >= 15 is 0 Å². The molecule has 0 unspecified atom stereocenters. The van der Waals surface area contributed by atoms with E-state index in [4.69, 9.17) is 5.11 Å². The molecule has 138 heavy (non-hydrogen) atoms. The standard InChI is InChI=1S/C19H16N.2C18H14N.4C13H12N.C11H8N.C5H8O2.5Ir/c1-14-10-15(2)12-18(11-14)17-8-9-20-19(13-17)16-6-4-3-5-7-16;2*1-14-12-18(16-10-6-3-7-11-16)19-13-17(14)15-8-4-2-5-9-15;4*1-10-3-6-12(7-4-10)13-8-5-11(2)9-14-13;1-2-6-10(7-3-1)11-8-4-5-9-12-11;1-4(6)3-5(2)7;;;;;/h3-6,8-13H,1-2H3;2*2-10,12-13H,1H3;4*3-6,8-9H,1-2H3;1-6,8-9H;3,6H,1-2H3;;;;;/q8*-1;;;;;;. The normalized spacial score (nSPS) is 9.91. The van der Waals surface area contributed by atoms with E-state index in [0.717, 1.165) is 90.1 Å². The van der Waals surface area contributed by atoms with Crippen LogP contribution in [0.2, 0.25) is 0 Å². The zero-order valence-corrected chi connectivity index (χ0v) is 91.6. The topological polar surface area (TPSA) is 140 Å². The average Bonchev–Trinajstić information content (AvgIpc) is 0.822. The van der Waals surface area contributed by atoms with Crippen LogP contribution in [-0.2, 0) is 105 Å². The Morgan fingerprint density at radius 1 is 0.232 bits per heavy atom. The zero-order chi connectivity index (χ0) is 94.1. The number of hydrogen-bond acceptors (Lipinski definition) is 10. The second-order valence-corrected chi connectivity index (χ2v) is 32.0. The molecule has 1 N–H and O–H groups in total. The SMILES string of the molecule is CC(=O)C=C(C)O.Cc1c[c-]c(-c2ccc(C)cn2)cc1.Cc1c[c-]c(-c2ccc(C)cn2)cc1.Cc1c[c-]c(-c2ccc(C)cn2)cc1.Cc1c[c-]c(-c2ccc(C)cn2)cc1.Cc1cc(-c2[c-]cccc2)ncc1-c1ccccc1.Cc1cc(-c2[c-]cccc2)ncc1-c1ccccc1.Cc1cc(C)cc(-c2ccnc(-c3[c-]cccc3)c2)c1.[Ir].[Ir].[Ir].[Ir].[Ir].[c-]1ccccc1-c1ccccn1. The van der Waals surface area contributed by atoms with E-state index in [1.54, 1.807) is 6.20 Å². The van der Waals surface area contributed by atoms with Crippen LogP contribution in [0.5, 0.6) is 0 Å². The summed E-state index contributed by atoms with van der Waals surface area (Å²) in [5, 5.41) is 8.36. The molecule has 0 atom stereocenters. The van der Waals surface area contributed by atoms with Crippen LogP contribution in [-0.4, -0.2) is 50.8 Å². The summed E-state index contributed by atoms with van der Waals surface area (Å²) in [5.41, 5.74) is 38.0. The van der Waals surface area contributed by atoms with Gasteiger partial charge < -0.3 is 45.0 Å². The van der Waals surface area contributed by atoms with Crippen molar-refractivity contribution < 1.29 is 110 Å². The molecule has 705 valence electrons. The van der Waals surface area contributed by atoms with E-state index < -0.39 is 0 Å². The molecule has 8 aromatic heterocycles. The predicted octanol–water partition coefficient (Wildman–Crippen LogP) is 30.1. The van der Waals surface area contributed by atoms with Crippen LogP contribution in [0.4, 0.5) is 0 Å². The molecule has 0 saturated heterocycles. The number of carbonyl (C=O) groups excluding carboxylic acids is 1. The molecule has 0 spiro atoms. The fraction of sp³-hybridized carbons (Fsp3) is 0.114. The van der Waals surface area contributed by atoms with Crippen molar-refractivity contribution >= 4 is 5.78 Å². The molecule has 19 rings (SSSR count). The van der Waals surface area contributed by atoms with Crippen LogP contribution in [0, 0.1) is 132 Å². The first-order valence-electron chi connectivity index (χ1n) is 43.9. The van der Waals surface area contributed by atoms with Gasteiger partial charge in [0.1, 0.15) is 0 Å². The predicted molar refractivity (Wildman–Crippen MR) is 548 cm³/mol. The third-order valence-corrected chi connectivity index (χ3v) is 20.3. The van der Waals surface area contributed by atoms with Gasteiger partial charge in [-0.1, -0.05) is 197 Å². The molecular weight excluding hydrogens is 2580 g/mol. The zero-order valence-electron chi connectivity index (χ0n) is 79.6. The Kier molecular flexibility index (Phi) is 50.0. The summed E-state index contributed by atoms with van der Waals surface area (Å²) in [5.74, 6) is -0.0625. The number of pyridine rings is 8. The van der Waals surface area contributed by atoms with Gasteiger partial charge in [0, 0.05) is 167 Å². The van der Waals surface area contributed by atoms with Gasteiger partial charge in [0.2, 0.25) is 0 Å². The monoisotopic (exact) mass is 2690 g/mol. The number of aryl methyl sites for hydroxylation is 12. The molecule has 0 fully saturated rings. The quantitative estimate of drug-likeness (QED) is 0.0714. The number of rotatable bonds is 12. The van der Waals surface area contributed by atoms with Gasteiger partial charge in [0.15, 0.2) is 5.78 Å². The largest absolute Gasteiger partial charge is 0.512 e. The first-order chi connectivity index (χ1) is 64.5. The molecule has 0 aliphatic heterocycles. The Bertz CT molecular complexity index is 6060. The fourth-order valence-electron chi connectivity index (χ4n) is 13.3. The summed E-state index contributed by atoms with van der Waals surface area (Å²) in [4.78, 5) is 45.2. The number of ketones is 1. The van der Waals surface area contributed by atoms with Gasteiger partial charge >= 0.3 is 0 Å². The third-order valence-electron chi connectivity index (χ3n) is 20.3. The molecule has 0 bridgehead atoms. The van der Waals surface area contributed by atoms with Gasteiger partial charge in [-0.2, -0.15) is 0 Å². The smallest absolute Gasteiger partial charge is 0.155 e. The second-order valence-electron chi connectivity index (χ2n) is 32.0. The van der Waals surface area contributed by atoms with E-state index in [1.807, 2.05) is 296 Å². The van der Waals surface area contributed by atoms with Crippen LogP contribution in [0.1, 0.15) is 80.6 Å². The van der Waals surface area contributed by atoms with Crippen molar-refractivity contribution in [1.29, 1.82) is 0 Å². The summed E-state index contributed by atoms with van der Waals surface area (Å²) < 4.78 is 0. The van der Waals surface area contributed by atoms with E-state index in [2.05, 4.69) is 259 Å². The first-order valence-corrected chi connectivity index (χ1v) is 43.9.